The number of rotatable bonds is 2. The van der Waals surface area contributed by atoms with Crippen LogP contribution in [0, 0.1) is 0 Å². The van der Waals surface area contributed by atoms with Gasteiger partial charge >= 0.3 is 5.97 Å². The summed E-state index contributed by atoms with van der Waals surface area (Å²) in [5.41, 5.74) is 1.33. The van der Waals surface area contributed by atoms with Crippen LogP contribution in [0.25, 0.3) is 11.1 Å². The van der Waals surface area contributed by atoms with Crippen LogP contribution in [0.4, 0.5) is 0 Å². The molecule has 92 valence electrons. The zero-order chi connectivity index (χ0) is 13.3. The van der Waals surface area contributed by atoms with E-state index in [-0.39, 0.29) is 5.56 Å². The van der Waals surface area contributed by atoms with Crippen LogP contribution >= 0.6 is 34.8 Å². The van der Waals surface area contributed by atoms with Gasteiger partial charge in [0.05, 0.1) is 15.6 Å². The zero-order valence-electron chi connectivity index (χ0n) is 8.95. The Hall–Kier alpha value is -1.22. The molecule has 0 spiro atoms. The number of carboxylic acids is 1. The van der Waals surface area contributed by atoms with E-state index >= 15 is 0 Å². The number of hydrogen-bond acceptors (Lipinski definition) is 1. The van der Waals surface area contributed by atoms with Crippen molar-refractivity contribution in [2.75, 3.05) is 0 Å². The summed E-state index contributed by atoms with van der Waals surface area (Å²) in [5.74, 6) is -1.02. The van der Waals surface area contributed by atoms with Gasteiger partial charge in [0, 0.05) is 5.02 Å². The summed E-state index contributed by atoms with van der Waals surface area (Å²) >= 11 is 17.6. The van der Waals surface area contributed by atoms with Crippen molar-refractivity contribution < 1.29 is 9.90 Å². The molecule has 2 aromatic rings. The highest BCUT2D eigenvalue weighted by Gasteiger charge is 2.13. The molecular weight excluding hydrogens is 294 g/mol. The van der Waals surface area contributed by atoms with Crippen molar-refractivity contribution in [3.05, 3.63) is 57.0 Å². The molecule has 18 heavy (non-hydrogen) atoms. The number of benzene rings is 2. The second-order valence-electron chi connectivity index (χ2n) is 3.62. The molecule has 0 amide bonds. The van der Waals surface area contributed by atoms with Crippen LogP contribution < -0.4 is 0 Å². The Kier molecular flexibility index (Phi) is 3.81. The Morgan fingerprint density at radius 1 is 0.944 bits per heavy atom. The van der Waals surface area contributed by atoms with Crippen molar-refractivity contribution in [1.82, 2.24) is 0 Å². The van der Waals surface area contributed by atoms with Crippen LogP contribution in [0.5, 0.6) is 0 Å². The SMILES string of the molecule is O=C(O)c1ccc(Cl)cc1-c1ccc(Cl)c(Cl)c1. The second-order valence-corrected chi connectivity index (χ2v) is 4.87. The largest absolute Gasteiger partial charge is 0.478 e. The van der Waals surface area contributed by atoms with Crippen LogP contribution in [0.1, 0.15) is 10.4 Å². The van der Waals surface area contributed by atoms with E-state index in [9.17, 15) is 4.79 Å². The van der Waals surface area contributed by atoms with Gasteiger partial charge in [0.15, 0.2) is 0 Å². The molecule has 0 aliphatic heterocycles. The fourth-order valence-electron chi connectivity index (χ4n) is 1.61. The maximum absolute atomic E-state index is 11.2. The summed E-state index contributed by atoms with van der Waals surface area (Å²) in [6.45, 7) is 0. The van der Waals surface area contributed by atoms with Crippen LogP contribution in [0.15, 0.2) is 36.4 Å². The minimum atomic E-state index is -1.02. The van der Waals surface area contributed by atoms with Crippen molar-refractivity contribution in [3.63, 3.8) is 0 Å². The average Bonchev–Trinajstić information content (AvgIpc) is 2.32. The number of carboxylic acid groups (broad SMARTS) is 1. The van der Waals surface area contributed by atoms with Crippen molar-refractivity contribution >= 4 is 40.8 Å². The molecule has 1 N–H and O–H groups in total. The minimum Gasteiger partial charge on any atom is -0.478 e. The first kappa shape index (κ1) is 13.2. The van der Waals surface area contributed by atoms with E-state index < -0.39 is 5.97 Å². The number of halogens is 3. The third kappa shape index (κ3) is 2.61. The zero-order valence-corrected chi connectivity index (χ0v) is 11.2. The van der Waals surface area contributed by atoms with Gasteiger partial charge in [-0.2, -0.15) is 0 Å². The quantitative estimate of drug-likeness (QED) is 0.846. The smallest absolute Gasteiger partial charge is 0.336 e. The maximum atomic E-state index is 11.2. The highest BCUT2D eigenvalue weighted by Crippen LogP contribution is 2.32. The molecule has 0 bridgehead atoms. The lowest BCUT2D eigenvalue weighted by Crippen LogP contribution is -1.99. The maximum Gasteiger partial charge on any atom is 0.336 e. The molecule has 0 aromatic heterocycles. The Morgan fingerprint density at radius 3 is 2.28 bits per heavy atom. The second kappa shape index (κ2) is 5.19. The number of carbonyl (C=O) groups is 1. The first-order chi connectivity index (χ1) is 8.49. The Balaban J connectivity index is 2.65. The first-order valence-electron chi connectivity index (χ1n) is 4.97. The van der Waals surface area contributed by atoms with Gasteiger partial charge in [0.2, 0.25) is 0 Å². The fourth-order valence-corrected chi connectivity index (χ4v) is 2.08. The molecule has 2 aromatic carbocycles. The molecule has 0 aliphatic carbocycles. The predicted octanol–water partition coefficient (Wildman–Crippen LogP) is 5.01. The van der Waals surface area contributed by atoms with E-state index in [1.165, 1.54) is 12.1 Å². The van der Waals surface area contributed by atoms with Crippen molar-refractivity contribution in [3.8, 4) is 11.1 Å². The van der Waals surface area contributed by atoms with Gasteiger partial charge in [0.1, 0.15) is 0 Å². The highest BCUT2D eigenvalue weighted by atomic mass is 35.5. The van der Waals surface area contributed by atoms with E-state index in [4.69, 9.17) is 39.9 Å². The summed E-state index contributed by atoms with van der Waals surface area (Å²) in [6.07, 6.45) is 0. The molecule has 0 atom stereocenters. The van der Waals surface area contributed by atoms with Gasteiger partial charge < -0.3 is 5.11 Å². The average molecular weight is 302 g/mol. The molecular formula is C13H7Cl3O2. The van der Waals surface area contributed by atoms with Gasteiger partial charge in [-0.15, -0.1) is 0 Å². The summed E-state index contributed by atoms with van der Waals surface area (Å²) in [5, 5.41) is 10.4. The Bertz CT molecular complexity index is 624. The van der Waals surface area contributed by atoms with E-state index in [0.717, 1.165) is 0 Å². The molecule has 0 saturated heterocycles. The van der Waals surface area contributed by atoms with Crippen molar-refractivity contribution in [1.29, 1.82) is 0 Å². The Morgan fingerprint density at radius 2 is 1.67 bits per heavy atom. The molecule has 2 nitrogen and oxygen atoms in total. The van der Waals surface area contributed by atoms with Crippen LogP contribution in [-0.2, 0) is 0 Å². The summed E-state index contributed by atoms with van der Waals surface area (Å²) in [7, 11) is 0. The van der Waals surface area contributed by atoms with Gasteiger partial charge in [-0.25, -0.2) is 4.79 Å². The van der Waals surface area contributed by atoms with Crippen LogP contribution in [-0.4, -0.2) is 11.1 Å². The van der Waals surface area contributed by atoms with Crippen molar-refractivity contribution in [2.24, 2.45) is 0 Å². The van der Waals surface area contributed by atoms with Gasteiger partial charge in [-0.05, 0) is 41.5 Å². The summed E-state index contributed by atoms with van der Waals surface area (Å²) in [4.78, 5) is 11.2. The van der Waals surface area contributed by atoms with Crippen molar-refractivity contribution in [2.45, 2.75) is 0 Å². The van der Waals surface area contributed by atoms with E-state index in [1.807, 2.05) is 0 Å². The lowest BCUT2D eigenvalue weighted by Gasteiger charge is -2.08. The minimum absolute atomic E-state index is 0.165. The van der Waals surface area contributed by atoms with E-state index in [2.05, 4.69) is 0 Å². The Labute approximate surface area is 119 Å². The molecule has 0 saturated carbocycles. The molecule has 0 fully saturated rings. The molecule has 0 heterocycles. The normalized spacial score (nSPS) is 10.4. The third-order valence-corrected chi connectivity index (χ3v) is 3.42. The first-order valence-corrected chi connectivity index (χ1v) is 6.10. The van der Waals surface area contributed by atoms with Gasteiger partial charge in [-0.1, -0.05) is 40.9 Å². The van der Waals surface area contributed by atoms with Crippen LogP contribution in [0.3, 0.4) is 0 Å². The number of hydrogen-bond donors (Lipinski definition) is 1. The summed E-state index contributed by atoms with van der Waals surface area (Å²) in [6, 6.07) is 9.51. The number of aromatic carboxylic acids is 1. The molecule has 0 aliphatic rings. The van der Waals surface area contributed by atoms with Gasteiger partial charge in [0.25, 0.3) is 0 Å². The monoisotopic (exact) mass is 300 g/mol. The lowest BCUT2D eigenvalue weighted by molar-refractivity contribution is 0.0698. The van der Waals surface area contributed by atoms with E-state index in [1.54, 1.807) is 24.3 Å². The van der Waals surface area contributed by atoms with E-state index in [0.29, 0.717) is 26.2 Å². The molecule has 0 radical (unpaired) electrons. The highest BCUT2D eigenvalue weighted by molar-refractivity contribution is 6.42. The standard InChI is InChI=1S/C13H7Cl3O2/c14-8-2-3-9(13(17)18)10(6-8)7-1-4-11(15)12(16)5-7/h1-6H,(H,17,18). The topological polar surface area (TPSA) is 37.3 Å². The molecule has 2 rings (SSSR count). The van der Waals surface area contributed by atoms with Gasteiger partial charge in [-0.3, -0.25) is 0 Å². The molecule has 0 unspecified atom stereocenters. The predicted molar refractivity (Wildman–Crippen MR) is 73.9 cm³/mol. The summed E-state index contributed by atoms with van der Waals surface area (Å²) < 4.78 is 0. The van der Waals surface area contributed by atoms with Crippen LogP contribution in [0.2, 0.25) is 15.1 Å². The lowest BCUT2D eigenvalue weighted by atomic mass is 10.00. The molecule has 5 heteroatoms. The fraction of sp³-hybridized carbons (Fsp3) is 0. The third-order valence-electron chi connectivity index (χ3n) is 2.44.